The summed E-state index contributed by atoms with van der Waals surface area (Å²) in [5, 5.41) is 11.6. The number of amides is 1. The second kappa shape index (κ2) is 9.64. The van der Waals surface area contributed by atoms with Gasteiger partial charge >= 0.3 is 6.61 Å². The van der Waals surface area contributed by atoms with Gasteiger partial charge in [-0.15, -0.1) is 11.8 Å². The van der Waals surface area contributed by atoms with Crippen molar-refractivity contribution in [2.24, 2.45) is 0 Å². The highest BCUT2D eigenvalue weighted by Gasteiger charge is 2.05. The lowest BCUT2D eigenvalue weighted by Gasteiger charge is -2.07. The van der Waals surface area contributed by atoms with Crippen molar-refractivity contribution in [3.8, 4) is 11.8 Å². The van der Waals surface area contributed by atoms with E-state index < -0.39 is 6.61 Å². The van der Waals surface area contributed by atoms with Gasteiger partial charge in [0.1, 0.15) is 5.75 Å². The van der Waals surface area contributed by atoms with Crippen LogP contribution >= 0.6 is 11.8 Å². The largest absolute Gasteiger partial charge is 0.435 e. The van der Waals surface area contributed by atoms with Crippen LogP contribution in [0.4, 0.5) is 8.78 Å². The van der Waals surface area contributed by atoms with E-state index in [1.807, 2.05) is 6.07 Å². The molecule has 0 radical (unpaired) electrons. The van der Waals surface area contributed by atoms with Crippen molar-refractivity contribution in [3.05, 3.63) is 59.7 Å². The number of hydrogen-bond acceptors (Lipinski definition) is 4. The van der Waals surface area contributed by atoms with Gasteiger partial charge in [0.15, 0.2) is 0 Å². The van der Waals surface area contributed by atoms with E-state index in [1.165, 1.54) is 23.9 Å². The SMILES string of the molecule is N#Cc1cccc(SCC(=O)NCCc2ccc(OC(F)F)cc2)c1. The third-order valence-electron chi connectivity index (χ3n) is 3.22. The molecule has 130 valence electrons. The van der Waals surface area contributed by atoms with Crippen molar-refractivity contribution in [1.82, 2.24) is 5.32 Å². The Kier molecular flexibility index (Phi) is 7.23. The van der Waals surface area contributed by atoms with Gasteiger partial charge in [-0.1, -0.05) is 18.2 Å². The summed E-state index contributed by atoms with van der Waals surface area (Å²) < 4.78 is 28.4. The molecule has 25 heavy (non-hydrogen) atoms. The Morgan fingerprint density at radius 2 is 2.00 bits per heavy atom. The van der Waals surface area contributed by atoms with Gasteiger partial charge in [0.05, 0.1) is 17.4 Å². The molecule has 1 N–H and O–H groups in total. The lowest BCUT2D eigenvalue weighted by Crippen LogP contribution is -2.27. The molecule has 0 aromatic heterocycles. The molecule has 1 amide bonds. The van der Waals surface area contributed by atoms with Crippen LogP contribution in [0.1, 0.15) is 11.1 Å². The van der Waals surface area contributed by atoms with Crippen LogP contribution in [-0.2, 0) is 11.2 Å². The molecule has 2 aromatic carbocycles. The van der Waals surface area contributed by atoms with E-state index in [0.717, 1.165) is 10.5 Å². The molecule has 0 spiro atoms. The summed E-state index contributed by atoms with van der Waals surface area (Å²) in [6.45, 7) is -2.39. The predicted molar refractivity (Wildman–Crippen MR) is 91.7 cm³/mol. The number of alkyl halides is 2. The number of nitrogens with zero attached hydrogens (tertiary/aromatic N) is 1. The Bertz CT molecular complexity index is 745. The molecular weight excluding hydrogens is 346 g/mol. The Morgan fingerprint density at radius 1 is 1.24 bits per heavy atom. The van der Waals surface area contributed by atoms with Crippen molar-refractivity contribution in [1.29, 1.82) is 5.26 Å². The smallest absolute Gasteiger partial charge is 0.387 e. The number of hydrogen-bond donors (Lipinski definition) is 1. The Labute approximate surface area is 148 Å². The third-order valence-corrected chi connectivity index (χ3v) is 4.21. The zero-order chi connectivity index (χ0) is 18.1. The summed E-state index contributed by atoms with van der Waals surface area (Å²) in [5.41, 5.74) is 1.47. The van der Waals surface area contributed by atoms with Crippen molar-refractivity contribution in [3.63, 3.8) is 0 Å². The van der Waals surface area contributed by atoms with Gasteiger partial charge in [-0.2, -0.15) is 14.0 Å². The number of carbonyl (C=O) groups excluding carboxylic acids is 1. The average molecular weight is 362 g/mol. The number of rotatable bonds is 8. The van der Waals surface area contributed by atoms with Gasteiger partial charge in [0, 0.05) is 11.4 Å². The first-order valence-electron chi connectivity index (χ1n) is 7.50. The topological polar surface area (TPSA) is 62.1 Å². The molecule has 0 aliphatic carbocycles. The van der Waals surface area contributed by atoms with Crippen LogP contribution in [0.15, 0.2) is 53.4 Å². The lowest BCUT2D eigenvalue weighted by atomic mass is 10.1. The van der Waals surface area contributed by atoms with Crippen molar-refractivity contribution < 1.29 is 18.3 Å². The first-order valence-corrected chi connectivity index (χ1v) is 8.49. The molecule has 0 atom stereocenters. The minimum Gasteiger partial charge on any atom is -0.435 e. The molecule has 0 heterocycles. The fourth-order valence-corrected chi connectivity index (χ4v) is 2.82. The molecule has 0 fully saturated rings. The number of halogens is 2. The number of benzene rings is 2. The van der Waals surface area contributed by atoms with Gasteiger partial charge in [-0.3, -0.25) is 4.79 Å². The van der Waals surface area contributed by atoms with Crippen LogP contribution in [0.5, 0.6) is 5.75 Å². The van der Waals surface area contributed by atoms with E-state index in [1.54, 1.807) is 30.3 Å². The maximum atomic E-state index is 12.1. The number of nitrogens with one attached hydrogen (secondary N) is 1. The van der Waals surface area contributed by atoms with Crippen LogP contribution in [0.3, 0.4) is 0 Å². The maximum Gasteiger partial charge on any atom is 0.387 e. The third kappa shape index (κ3) is 6.81. The maximum absolute atomic E-state index is 12.1. The van der Waals surface area contributed by atoms with Crippen molar-refractivity contribution in [2.75, 3.05) is 12.3 Å². The molecule has 2 rings (SSSR count). The Hall–Kier alpha value is -2.59. The second-order valence-electron chi connectivity index (χ2n) is 5.05. The predicted octanol–water partition coefficient (Wildman–Crippen LogP) is 3.61. The second-order valence-corrected chi connectivity index (χ2v) is 6.10. The first-order chi connectivity index (χ1) is 12.1. The molecule has 2 aromatic rings. The van der Waals surface area contributed by atoms with Gasteiger partial charge in [0.25, 0.3) is 0 Å². The Morgan fingerprint density at radius 3 is 2.68 bits per heavy atom. The molecule has 0 aliphatic heterocycles. The first kappa shape index (κ1) is 18.7. The molecule has 0 saturated carbocycles. The van der Waals surface area contributed by atoms with Gasteiger partial charge in [-0.25, -0.2) is 0 Å². The summed E-state index contributed by atoms with van der Waals surface area (Å²) >= 11 is 1.36. The fourth-order valence-electron chi connectivity index (χ4n) is 2.04. The van der Waals surface area contributed by atoms with E-state index in [2.05, 4.69) is 16.1 Å². The molecular formula is C18H16F2N2O2S. The van der Waals surface area contributed by atoms with E-state index >= 15 is 0 Å². The van der Waals surface area contributed by atoms with E-state index in [9.17, 15) is 13.6 Å². The lowest BCUT2D eigenvalue weighted by molar-refractivity contribution is -0.118. The zero-order valence-electron chi connectivity index (χ0n) is 13.2. The van der Waals surface area contributed by atoms with Crippen molar-refractivity contribution in [2.45, 2.75) is 17.9 Å². The zero-order valence-corrected chi connectivity index (χ0v) is 14.1. The van der Waals surface area contributed by atoms with Crippen molar-refractivity contribution >= 4 is 17.7 Å². The number of carbonyl (C=O) groups is 1. The van der Waals surface area contributed by atoms with Crippen LogP contribution in [0.2, 0.25) is 0 Å². The average Bonchev–Trinajstić information content (AvgIpc) is 2.61. The summed E-state index contributed by atoms with van der Waals surface area (Å²) in [6, 6.07) is 15.5. The molecule has 0 bridgehead atoms. The standard InChI is InChI=1S/C18H16F2N2O2S/c19-18(20)24-15-6-4-13(5-7-15)8-9-22-17(23)12-25-16-3-1-2-14(10-16)11-21/h1-7,10,18H,8-9,12H2,(H,22,23). The Balaban J connectivity index is 1.70. The number of nitriles is 1. The molecule has 0 aliphatic rings. The summed E-state index contributed by atoms with van der Waals surface area (Å²) in [6.07, 6.45) is 0.593. The van der Waals surface area contributed by atoms with Crippen LogP contribution in [0, 0.1) is 11.3 Å². The highest BCUT2D eigenvalue weighted by molar-refractivity contribution is 8.00. The van der Waals surface area contributed by atoms with Crippen LogP contribution in [-0.4, -0.2) is 24.8 Å². The van der Waals surface area contributed by atoms with E-state index in [0.29, 0.717) is 18.5 Å². The normalized spacial score (nSPS) is 10.3. The molecule has 0 saturated heterocycles. The van der Waals surface area contributed by atoms with Gasteiger partial charge in [-0.05, 0) is 42.3 Å². The van der Waals surface area contributed by atoms with Crippen LogP contribution < -0.4 is 10.1 Å². The fraction of sp³-hybridized carbons (Fsp3) is 0.222. The molecule has 7 heteroatoms. The van der Waals surface area contributed by atoms with Gasteiger partial charge in [0.2, 0.25) is 5.91 Å². The number of ether oxygens (including phenoxy) is 1. The van der Waals surface area contributed by atoms with E-state index in [-0.39, 0.29) is 17.4 Å². The van der Waals surface area contributed by atoms with Gasteiger partial charge < -0.3 is 10.1 Å². The highest BCUT2D eigenvalue weighted by Crippen LogP contribution is 2.18. The molecule has 0 unspecified atom stereocenters. The highest BCUT2D eigenvalue weighted by atomic mass is 32.2. The number of thioether (sulfide) groups is 1. The minimum absolute atomic E-state index is 0.106. The van der Waals surface area contributed by atoms with Crippen LogP contribution in [0.25, 0.3) is 0 Å². The van der Waals surface area contributed by atoms with E-state index in [4.69, 9.17) is 5.26 Å². The monoisotopic (exact) mass is 362 g/mol. The molecule has 4 nitrogen and oxygen atoms in total. The quantitative estimate of drug-likeness (QED) is 0.729. The minimum atomic E-state index is -2.84. The summed E-state index contributed by atoms with van der Waals surface area (Å²) in [7, 11) is 0. The summed E-state index contributed by atoms with van der Waals surface area (Å²) in [5.74, 6) is 0.263. The summed E-state index contributed by atoms with van der Waals surface area (Å²) in [4.78, 5) is 12.7.